The van der Waals surface area contributed by atoms with E-state index in [2.05, 4.69) is 27.2 Å². The Bertz CT molecular complexity index is 395. The van der Waals surface area contributed by atoms with E-state index in [0.717, 1.165) is 19.5 Å². The van der Waals surface area contributed by atoms with Crippen LogP contribution in [0.4, 0.5) is 0 Å². The van der Waals surface area contributed by atoms with E-state index in [1.807, 2.05) is 6.26 Å². The number of likely N-dealkylation sites (N-methyl/N-ethyl adjacent to an activating group) is 1. The highest BCUT2D eigenvalue weighted by molar-refractivity contribution is 7.98. The van der Waals surface area contributed by atoms with Crippen molar-refractivity contribution in [3.8, 4) is 0 Å². The van der Waals surface area contributed by atoms with Crippen molar-refractivity contribution >= 4 is 17.7 Å². The third kappa shape index (κ3) is 3.17. The van der Waals surface area contributed by atoms with Crippen molar-refractivity contribution in [3.05, 3.63) is 18.0 Å². The molecule has 1 unspecified atom stereocenters. The number of nitrogens with zero attached hydrogens (tertiary/aromatic N) is 3. The van der Waals surface area contributed by atoms with Crippen molar-refractivity contribution in [3.63, 3.8) is 0 Å². The largest absolute Gasteiger partial charge is 0.348 e. The van der Waals surface area contributed by atoms with Crippen molar-refractivity contribution in [2.45, 2.75) is 17.6 Å². The Balaban J connectivity index is 1.94. The molecule has 92 valence electrons. The molecular weight excluding hydrogens is 236 g/mol. The summed E-state index contributed by atoms with van der Waals surface area (Å²) >= 11 is 1.46. The van der Waals surface area contributed by atoms with Crippen LogP contribution in [-0.4, -0.2) is 53.2 Å². The molecule has 0 radical (unpaired) electrons. The van der Waals surface area contributed by atoms with E-state index in [1.165, 1.54) is 11.8 Å². The van der Waals surface area contributed by atoms with Crippen molar-refractivity contribution < 1.29 is 4.79 Å². The number of hydrogen-bond donors (Lipinski definition) is 1. The van der Waals surface area contributed by atoms with E-state index in [9.17, 15) is 4.79 Å². The van der Waals surface area contributed by atoms with Crippen LogP contribution in [0.3, 0.4) is 0 Å². The first kappa shape index (κ1) is 12.3. The van der Waals surface area contributed by atoms with Crippen molar-refractivity contribution in [2.24, 2.45) is 0 Å². The summed E-state index contributed by atoms with van der Waals surface area (Å²) in [5.41, 5.74) is 0.525. The number of carbonyl (C=O) groups excluding carboxylic acids is 1. The lowest BCUT2D eigenvalue weighted by atomic mass is 10.2. The molecule has 2 heterocycles. The molecule has 1 fully saturated rings. The van der Waals surface area contributed by atoms with Crippen molar-refractivity contribution in [2.75, 3.05) is 26.4 Å². The van der Waals surface area contributed by atoms with Crippen LogP contribution in [0.15, 0.2) is 17.6 Å². The Morgan fingerprint density at radius 1 is 1.53 bits per heavy atom. The lowest BCUT2D eigenvalue weighted by Crippen LogP contribution is -2.36. The monoisotopic (exact) mass is 252 g/mol. The standard InChI is InChI=1S/C11H16N4OS/c1-15-4-3-9(7-15)14-10(16)8-5-12-11(17-2)13-6-8/h5-6,9H,3-4,7H2,1-2H3,(H,14,16). The molecule has 0 aromatic carbocycles. The molecule has 0 spiro atoms. The van der Waals surface area contributed by atoms with E-state index in [-0.39, 0.29) is 11.9 Å². The molecule has 1 aliphatic heterocycles. The second kappa shape index (κ2) is 5.46. The Kier molecular flexibility index (Phi) is 3.96. The van der Waals surface area contributed by atoms with E-state index >= 15 is 0 Å². The molecular formula is C11H16N4OS. The molecule has 2 rings (SSSR count). The fourth-order valence-corrected chi connectivity index (χ4v) is 2.18. The first-order chi connectivity index (χ1) is 8.19. The first-order valence-electron chi connectivity index (χ1n) is 5.54. The summed E-state index contributed by atoms with van der Waals surface area (Å²) in [6.45, 7) is 1.95. The second-order valence-electron chi connectivity index (χ2n) is 4.18. The summed E-state index contributed by atoms with van der Waals surface area (Å²) < 4.78 is 0. The molecule has 1 aromatic rings. The fraction of sp³-hybridized carbons (Fsp3) is 0.545. The van der Waals surface area contributed by atoms with Crippen LogP contribution in [0.25, 0.3) is 0 Å². The maximum absolute atomic E-state index is 11.9. The second-order valence-corrected chi connectivity index (χ2v) is 4.95. The van der Waals surface area contributed by atoms with Gasteiger partial charge in [-0.05, 0) is 26.3 Å². The summed E-state index contributed by atoms with van der Waals surface area (Å²) in [5.74, 6) is -0.0852. The number of nitrogens with one attached hydrogen (secondary N) is 1. The van der Waals surface area contributed by atoms with Gasteiger partial charge in [-0.1, -0.05) is 11.8 Å². The van der Waals surface area contributed by atoms with Gasteiger partial charge in [-0.15, -0.1) is 0 Å². The third-order valence-electron chi connectivity index (χ3n) is 2.80. The van der Waals surface area contributed by atoms with Gasteiger partial charge in [-0.3, -0.25) is 4.79 Å². The highest BCUT2D eigenvalue weighted by atomic mass is 32.2. The molecule has 1 amide bonds. The Morgan fingerprint density at radius 3 is 2.76 bits per heavy atom. The number of amides is 1. The van der Waals surface area contributed by atoms with Crippen LogP contribution in [0.5, 0.6) is 0 Å². The normalized spacial score (nSPS) is 20.5. The van der Waals surface area contributed by atoms with Crippen molar-refractivity contribution in [1.29, 1.82) is 0 Å². The highest BCUT2D eigenvalue weighted by Gasteiger charge is 2.21. The lowest BCUT2D eigenvalue weighted by molar-refractivity contribution is 0.0937. The van der Waals surface area contributed by atoms with Crippen LogP contribution in [-0.2, 0) is 0 Å². The van der Waals surface area contributed by atoms with E-state index < -0.39 is 0 Å². The molecule has 1 aromatic heterocycles. The molecule has 0 saturated carbocycles. The molecule has 5 nitrogen and oxygen atoms in total. The van der Waals surface area contributed by atoms with Gasteiger partial charge in [0.25, 0.3) is 5.91 Å². The topological polar surface area (TPSA) is 58.1 Å². The minimum Gasteiger partial charge on any atom is -0.348 e. The summed E-state index contributed by atoms with van der Waals surface area (Å²) in [7, 11) is 2.06. The van der Waals surface area contributed by atoms with Gasteiger partial charge in [0.15, 0.2) is 5.16 Å². The number of aromatic nitrogens is 2. The number of carbonyl (C=O) groups is 1. The Hall–Kier alpha value is -1.14. The quantitative estimate of drug-likeness (QED) is 0.632. The van der Waals surface area contributed by atoms with Gasteiger partial charge in [-0.2, -0.15) is 0 Å². The predicted octanol–water partition coefficient (Wildman–Crippen LogP) is 0.632. The van der Waals surface area contributed by atoms with E-state index in [1.54, 1.807) is 12.4 Å². The molecule has 1 atom stereocenters. The zero-order chi connectivity index (χ0) is 12.3. The molecule has 1 aliphatic rings. The molecule has 1 N–H and O–H groups in total. The fourth-order valence-electron chi connectivity index (χ4n) is 1.86. The number of rotatable bonds is 3. The highest BCUT2D eigenvalue weighted by Crippen LogP contribution is 2.09. The smallest absolute Gasteiger partial charge is 0.254 e. The van der Waals surface area contributed by atoms with Gasteiger partial charge in [0.05, 0.1) is 5.56 Å². The van der Waals surface area contributed by atoms with Gasteiger partial charge in [0, 0.05) is 25.0 Å². The first-order valence-corrected chi connectivity index (χ1v) is 6.77. The zero-order valence-corrected chi connectivity index (χ0v) is 10.8. The summed E-state index contributed by atoms with van der Waals surface area (Å²) in [5, 5.41) is 3.68. The van der Waals surface area contributed by atoms with Gasteiger partial charge in [0.2, 0.25) is 0 Å². The van der Waals surface area contributed by atoms with Crippen LogP contribution >= 0.6 is 11.8 Å². The Morgan fingerprint density at radius 2 is 2.24 bits per heavy atom. The number of hydrogen-bond acceptors (Lipinski definition) is 5. The minimum absolute atomic E-state index is 0.0852. The molecule has 0 bridgehead atoms. The summed E-state index contributed by atoms with van der Waals surface area (Å²) in [6, 6.07) is 0.243. The minimum atomic E-state index is -0.0852. The average molecular weight is 252 g/mol. The maximum Gasteiger partial charge on any atom is 0.254 e. The Labute approximate surface area is 105 Å². The molecule has 1 saturated heterocycles. The SMILES string of the molecule is CSc1ncc(C(=O)NC2CCN(C)C2)cn1. The number of likely N-dealkylation sites (tertiary alicyclic amines) is 1. The summed E-state index contributed by atoms with van der Waals surface area (Å²) in [6.07, 6.45) is 6.06. The van der Waals surface area contributed by atoms with Gasteiger partial charge in [-0.25, -0.2) is 9.97 Å². The molecule has 17 heavy (non-hydrogen) atoms. The van der Waals surface area contributed by atoms with Crippen LogP contribution in [0.1, 0.15) is 16.8 Å². The lowest BCUT2D eigenvalue weighted by Gasteiger charge is -2.12. The van der Waals surface area contributed by atoms with Crippen LogP contribution in [0, 0.1) is 0 Å². The van der Waals surface area contributed by atoms with E-state index in [4.69, 9.17) is 0 Å². The maximum atomic E-state index is 11.9. The zero-order valence-electron chi connectivity index (χ0n) is 10.0. The van der Waals surface area contributed by atoms with Gasteiger partial charge >= 0.3 is 0 Å². The average Bonchev–Trinajstić information content (AvgIpc) is 2.75. The third-order valence-corrected chi connectivity index (χ3v) is 3.38. The predicted molar refractivity (Wildman–Crippen MR) is 67.2 cm³/mol. The van der Waals surface area contributed by atoms with Crippen molar-refractivity contribution in [1.82, 2.24) is 20.2 Å². The van der Waals surface area contributed by atoms with Crippen LogP contribution in [0.2, 0.25) is 0 Å². The van der Waals surface area contributed by atoms with Gasteiger partial charge < -0.3 is 10.2 Å². The molecule has 6 heteroatoms. The van der Waals surface area contributed by atoms with Gasteiger partial charge in [0.1, 0.15) is 0 Å². The molecule has 0 aliphatic carbocycles. The summed E-state index contributed by atoms with van der Waals surface area (Å²) in [4.78, 5) is 22.3. The van der Waals surface area contributed by atoms with E-state index in [0.29, 0.717) is 10.7 Å². The number of thioether (sulfide) groups is 1. The van der Waals surface area contributed by atoms with Crippen LogP contribution < -0.4 is 5.32 Å².